The number of nitrogens with zero attached hydrogens (tertiary/aromatic N) is 1. The first-order chi connectivity index (χ1) is 8.53. The van der Waals surface area contributed by atoms with E-state index in [4.69, 9.17) is 0 Å². The van der Waals surface area contributed by atoms with Crippen LogP contribution in [-0.2, 0) is 6.42 Å². The molecule has 0 spiro atoms. The monoisotopic (exact) mass is 258 g/mol. The molecular formula is C13H17F3N2. The lowest BCUT2D eigenvalue weighted by atomic mass is 10.0. The first-order valence-electron chi connectivity index (χ1n) is 6.09. The lowest BCUT2D eigenvalue weighted by Crippen LogP contribution is -2.53. The first kappa shape index (κ1) is 13.4. The Hall–Kier alpha value is -1.07. The van der Waals surface area contributed by atoms with Crippen LogP contribution in [0.2, 0.25) is 0 Å². The maximum Gasteiger partial charge on any atom is 0.401 e. The third kappa shape index (κ3) is 4.31. The minimum absolute atomic E-state index is 0.100. The molecule has 2 nitrogen and oxygen atoms in total. The van der Waals surface area contributed by atoms with Crippen LogP contribution in [0, 0.1) is 0 Å². The van der Waals surface area contributed by atoms with Gasteiger partial charge < -0.3 is 5.32 Å². The number of halogens is 3. The van der Waals surface area contributed by atoms with E-state index in [1.54, 1.807) is 0 Å². The van der Waals surface area contributed by atoms with Crippen LogP contribution in [0.1, 0.15) is 5.56 Å². The van der Waals surface area contributed by atoms with Gasteiger partial charge in [0.1, 0.15) is 0 Å². The van der Waals surface area contributed by atoms with Gasteiger partial charge >= 0.3 is 6.18 Å². The Balaban J connectivity index is 1.87. The Morgan fingerprint density at radius 3 is 2.61 bits per heavy atom. The number of piperazine rings is 1. The van der Waals surface area contributed by atoms with E-state index in [2.05, 4.69) is 5.32 Å². The van der Waals surface area contributed by atoms with Gasteiger partial charge in [0.25, 0.3) is 0 Å². The summed E-state index contributed by atoms with van der Waals surface area (Å²) in [5, 5.41) is 3.27. The number of hydrogen-bond acceptors (Lipinski definition) is 2. The van der Waals surface area contributed by atoms with Crippen LogP contribution in [0.4, 0.5) is 13.2 Å². The zero-order chi connectivity index (χ0) is 13.0. The van der Waals surface area contributed by atoms with Crippen molar-refractivity contribution in [2.24, 2.45) is 0 Å². The van der Waals surface area contributed by atoms with Gasteiger partial charge in [0.2, 0.25) is 0 Å². The van der Waals surface area contributed by atoms with Crippen molar-refractivity contribution < 1.29 is 13.2 Å². The van der Waals surface area contributed by atoms with Crippen molar-refractivity contribution in [3.05, 3.63) is 35.9 Å². The lowest BCUT2D eigenvalue weighted by Gasteiger charge is -2.34. The van der Waals surface area contributed by atoms with Crippen molar-refractivity contribution in [3.8, 4) is 0 Å². The summed E-state index contributed by atoms with van der Waals surface area (Å²) >= 11 is 0. The molecule has 1 heterocycles. The van der Waals surface area contributed by atoms with E-state index in [9.17, 15) is 13.2 Å². The van der Waals surface area contributed by atoms with Crippen molar-refractivity contribution in [1.29, 1.82) is 0 Å². The van der Waals surface area contributed by atoms with Gasteiger partial charge in [-0.25, -0.2) is 0 Å². The summed E-state index contributed by atoms with van der Waals surface area (Å²) in [6.45, 7) is 0.729. The molecule has 1 aromatic rings. The van der Waals surface area contributed by atoms with Gasteiger partial charge in [-0.3, -0.25) is 4.90 Å². The van der Waals surface area contributed by atoms with E-state index in [0.29, 0.717) is 19.6 Å². The van der Waals surface area contributed by atoms with Crippen LogP contribution in [0.25, 0.3) is 0 Å². The largest absolute Gasteiger partial charge is 0.401 e. The zero-order valence-corrected chi connectivity index (χ0v) is 10.1. The van der Waals surface area contributed by atoms with Crippen LogP contribution in [-0.4, -0.2) is 43.3 Å². The van der Waals surface area contributed by atoms with Gasteiger partial charge in [-0.1, -0.05) is 30.3 Å². The molecule has 1 fully saturated rings. The maximum atomic E-state index is 12.3. The van der Waals surface area contributed by atoms with Gasteiger partial charge in [0.15, 0.2) is 0 Å². The smallest absolute Gasteiger partial charge is 0.311 e. The highest BCUT2D eigenvalue weighted by atomic mass is 19.4. The summed E-state index contributed by atoms with van der Waals surface area (Å²) in [5.74, 6) is 0. The second-order valence-corrected chi connectivity index (χ2v) is 4.69. The van der Waals surface area contributed by atoms with Gasteiger partial charge in [-0.15, -0.1) is 0 Å². The summed E-state index contributed by atoms with van der Waals surface area (Å²) in [5.41, 5.74) is 1.16. The molecule has 0 amide bonds. The maximum absolute atomic E-state index is 12.3. The standard InChI is InChI=1S/C13H17F3N2/c14-13(15,16)10-18-7-6-17-12(9-18)8-11-4-2-1-3-5-11/h1-5,12,17H,6-10H2. The molecule has 0 radical (unpaired) electrons. The van der Waals surface area contributed by atoms with Crippen molar-refractivity contribution >= 4 is 0 Å². The molecular weight excluding hydrogens is 241 g/mol. The molecule has 0 aliphatic carbocycles. The van der Waals surface area contributed by atoms with E-state index in [-0.39, 0.29) is 6.04 Å². The van der Waals surface area contributed by atoms with Crippen molar-refractivity contribution in [2.45, 2.75) is 18.6 Å². The first-order valence-corrected chi connectivity index (χ1v) is 6.09. The molecule has 0 bridgehead atoms. The Morgan fingerprint density at radius 2 is 1.94 bits per heavy atom. The average Bonchev–Trinajstić information content (AvgIpc) is 2.28. The molecule has 1 unspecified atom stereocenters. The SMILES string of the molecule is FC(F)(F)CN1CCNC(Cc2ccccc2)C1. The minimum Gasteiger partial charge on any atom is -0.311 e. The molecule has 0 aromatic heterocycles. The minimum atomic E-state index is -4.10. The summed E-state index contributed by atoms with van der Waals surface area (Å²) in [4.78, 5) is 1.48. The van der Waals surface area contributed by atoms with Crippen LogP contribution in [0.5, 0.6) is 0 Å². The van der Waals surface area contributed by atoms with Crippen LogP contribution in [0.3, 0.4) is 0 Å². The molecule has 1 aliphatic rings. The summed E-state index contributed by atoms with van der Waals surface area (Å²) in [6, 6.07) is 9.95. The number of alkyl halides is 3. The second-order valence-electron chi connectivity index (χ2n) is 4.69. The quantitative estimate of drug-likeness (QED) is 0.893. The van der Waals surface area contributed by atoms with E-state index >= 15 is 0 Å². The molecule has 1 N–H and O–H groups in total. The van der Waals surface area contributed by atoms with Crippen molar-refractivity contribution in [1.82, 2.24) is 10.2 Å². The Morgan fingerprint density at radius 1 is 1.22 bits per heavy atom. The fourth-order valence-corrected chi connectivity index (χ4v) is 2.33. The number of nitrogens with one attached hydrogen (secondary N) is 1. The Bertz CT molecular complexity index is 364. The predicted octanol–water partition coefficient (Wildman–Crippen LogP) is 2.07. The average molecular weight is 258 g/mol. The number of rotatable bonds is 3. The van der Waals surface area contributed by atoms with Crippen molar-refractivity contribution in [3.63, 3.8) is 0 Å². The molecule has 5 heteroatoms. The van der Waals surface area contributed by atoms with E-state index in [1.165, 1.54) is 4.90 Å². The summed E-state index contributed by atoms with van der Waals surface area (Å²) < 4.78 is 37.0. The number of hydrogen-bond donors (Lipinski definition) is 1. The molecule has 18 heavy (non-hydrogen) atoms. The molecule has 2 rings (SSSR count). The van der Waals surface area contributed by atoms with Crippen molar-refractivity contribution in [2.75, 3.05) is 26.2 Å². The van der Waals surface area contributed by atoms with E-state index < -0.39 is 12.7 Å². The van der Waals surface area contributed by atoms with E-state index in [1.807, 2.05) is 30.3 Å². The summed E-state index contributed by atoms with van der Waals surface area (Å²) in [6.07, 6.45) is -3.33. The van der Waals surface area contributed by atoms with Gasteiger partial charge in [0, 0.05) is 25.7 Å². The molecule has 1 atom stereocenters. The highest BCUT2D eigenvalue weighted by molar-refractivity contribution is 5.16. The summed E-state index contributed by atoms with van der Waals surface area (Å²) in [7, 11) is 0. The molecule has 1 aliphatic heterocycles. The highest BCUT2D eigenvalue weighted by Gasteiger charge is 2.32. The zero-order valence-electron chi connectivity index (χ0n) is 10.1. The predicted molar refractivity (Wildman–Crippen MR) is 64.4 cm³/mol. The second kappa shape index (κ2) is 5.71. The fourth-order valence-electron chi connectivity index (χ4n) is 2.33. The Kier molecular flexibility index (Phi) is 4.24. The van der Waals surface area contributed by atoms with Gasteiger partial charge in [-0.2, -0.15) is 13.2 Å². The van der Waals surface area contributed by atoms with Crippen LogP contribution >= 0.6 is 0 Å². The molecule has 0 saturated carbocycles. The van der Waals surface area contributed by atoms with Gasteiger partial charge in [-0.05, 0) is 12.0 Å². The van der Waals surface area contributed by atoms with Crippen LogP contribution in [0.15, 0.2) is 30.3 Å². The fraction of sp³-hybridized carbons (Fsp3) is 0.538. The van der Waals surface area contributed by atoms with Crippen LogP contribution < -0.4 is 5.32 Å². The molecule has 100 valence electrons. The normalized spacial score (nSPS) is 22.1. The number of benzene rings is 1. The molecule has 1 saturated heterocycles. The molecule has 1 aromatic carbocycles. The van der Waals surface area contributed by atoms with E-state index in [0.717, 1.165) is 12.0 Å². The van der Waals surface area contributed by atoms with Gasteiger partial charge in [0.05, 0.1) is 6.54 Å². The third-order valence-corrected chi connectivity index (χ3v) is 3.07. The third-order valence-electron chi connectivity index (χ3n) is 3.07. The topological polar surface area (TPSA) is 15.3 Å². The highest BCUT2D eigenvalue weighted by Crippen LogP contribution is 2.18. The lowest BCUT2D eigenvalue weighted by molar-refractivity contribution is -0.148. The Labute approximate surface area is 105 Å².